The molecule has 0 aliphatic rings. The fraction of sp³-hybridized carbons (Fsp3) is 0.471. The van der Waals surface area contributed by atoms with Gasteiger partial charge in [-0.05, 0) is 37.6 Å². The fourth-order valence-electron chi connectivity index (χ4n) is 2.40. The number of carbonyl (C=O) groups is 3. The van der Waals surface area contributed by atoms with Gasteiger partial charge < -0.3 is 20.4 Å². The Kier molecular flexibility index (Phi) is 9.34. The van der Waals surface area contributed by atoms with Gasteiger partial charge in [0.05, 0.1) is 12.8 Å². The Hall–Kier alpha value is -2.37. The van der Waals surface area contributed by atoms with Crippen LogP contribution >= 0.6 is 11.6 Å². The molecule has 3 N–H and O–H groups in total. The quantitative estimate of drug-likeness (QED) is 0.314. The minimum absolute atomic E-state index is 0.0763. The zero-order chi connectivity index (χ0) is 22.2. The van der Waals surface area contributed by atoms with Crippen LogP contribution in [0.5, 0.6) is 0 Å². The van der Waals surface area contributed by atoms with Gasteiger partial charge in [0.25, 0.3) is 16.0 Å². The molecule has 162 valence electrons. The third kappa shape index (κ3) is 9.11. The molecule has 1 aromatic carbocycles. The SMILES string of the molecule is CCN(CC(Cl)OS(C)(=O)=O)c1ccc(C(=O)N[C@@H](CCC(=O)O)C(=O)O)cc1. The summed E-state index contributed by atoms with van der Waals surface area (Å²) in [5.41, 5.74) is -0.271. The van der Waals surface area contributed by atoms with Crippen LogP contribution in [0, 0.1) is 0 Å². The molecule has 0 aliphatic heterocycles. The normalized spacial score (nSPS) is 13.3. The molecular formula is C17H23ClN2O8S. The number of hydrogen-bond donors (Lipinski definition) is 3. The van der Waals surface area contributed by atoms with Gasteiger partial charge in [0.15, 0.2) is 5.56 Å². The summed E-state index contributed by atoms with van der Waals surface area (Å²) < 4.78 is 27.0. The Morgan fingerprint density at radius 2 is 1.79 bits per heavy atom. The molecule has 0 heterocycles. The summed E-state index contributed by atoms with van der Waals surface area (Å²) in [6, 6.07) is 4.79. The number of anilines is 1. The molecule has 2 atom stereocenters. The van der Waals surface area contributed by atoms with E-state index in [0.29, 0.717) is 12.2 Å². The summed E-state index contributed by atoms with van der Waals surface area (Å²) in [5.74, 6) is -3.15. The lowest BCUT2D eigenvalue weighted by Crippen LogP contribution is -2.41. The van der Waals surface area contributed by atoms with Crippen molar-refractivity contribution in [2.24, 2.45) is 0 Å². The summed E-state index contributed by atoms with van der Waals surface area (Å²) in [6.45, 7) is 2.38. The number of nitrogens with zero attached hydrogens (tertiary/aromatic N) is 1. The Morgan fingerprint density at radius 1 is 1.21 bits per heavy atom. The molecular weight excluding hydrogens is 428 g/mol. The van der Waals surface area contributed by atoms with Crippen molar-refractivity contribution in [3.8, 4) is 0 Å². The van der Waals surface area contributed by atoms with Gasteiger partial charge in [-0.3, -0.25) is 9.59 Å². The molecule has 1 unspecified atom stereocenters. The summed E-state index contributed by atoms with van der Waals surface area (Å²) in [7, 11) is -3.70. The lowest BCUT2D eigenvalue weighted by Gasteiger charge is -2.25. The van der Waals surface area contributed by atoms with Crippen molar-refractivity contribution in [1.82, 2.24) is 5.32 Å². The maximum Gasteiger partial charge on any atom is 0.326 e. The second-order valence-corrected chi connectivity index (χ2v) is 8.18. The summed E-state index contributed by atoms with van der Waals surface area (Å²) in [5, 5.41) is 20.1. The average molecular weight is 451 g/mol. The Morgan fingerprint density at radius 3 is 2.24 bits per heavy atom. The van der Waals surface area contributed by atoms with E-state index in [9.17, 15) is 22.8 Å². The van der Waals surface area contributed by atoms with E-state index in [1.165, 1.54) is 12.1 Å². The molecule has 1 amide bonds. The number of likely N-dealkylation sites (N-methyl/N-ethyl adjacent to an activating group) is 1. The van der Waals surface area contributed by atoms with Crippen molar-refractivity contribution in [1.29, 1.82) is 0 Å². The molecule has 0 aromatic heterocycles. The Balaban J connectivity index is 2.80. The second-order valence-electron chi connectivity index (χ2n) is 6.09. The molecule has 1 rings (SSSR count). The number of rotatable bonds is 12. The molecule has 1 aromatic rings. The van der Waals surface area contributed by atoms with Crippen LogP contribution in [0.25, 0.3) is 0 Å². The third-order valence-electron chi connectivity index (χ3n) is 3.77. The summed E-state index contributed by atoms with van der Waals surface area (Å²) in [6.07, 6.45) is 0.263. The number of aliphatic carboxylic acids is 2. The number of halogens is 1. The van der Waals surface area contributed by atoms with Crippen LogP contribution in [0.4, 0.5) is 5.69 Å². The van der Waals surface area contributed by atoms with Gasteiger partial charge in [-0.15, -0.1) is 0 Å². The molecule has 0 spiro atoms. The predicted octanol–water partition coefficient (Wildman–Crippen LogP) is 1.10. The van der Waals surface area contributed by atoms with Crippen LogP contribution in [0.2, 0.25) is 0 Å². The van der Waals surface area contributed by atoms with E-state index in [1.54, 1.807) is 17.0 Å². The number of carboxylic acid groups (broad SMARTS) is 2. The van der Waals surface area contributed by atoms with Crippen molar-refractivity contribution in [2.75, 3.05) is 24.2 Å². The largest absolute Gasteiger partial charge is 0.481 e. The minimum atomic E-state index is -3.70. The van der Waals surface area contributed by atoms with Gasteiger partial charge in [0.1, 0.15) is 6.04 Å². The first-order valence-corrected chi connectivity index (χ1v) is 10.8. The highest BCUT2D eigenvalue weighted by Gasteiger charge is 2.22. The molecule has 0 radical (unpaired) electrons. The highest BCUT2D eigenvalue weighted by Crippen LogP contribution is 2.18. The van der Waals surface area contributed by atoms with E-state index in [2.05, 4.69) is 5.32 Å². The Bertz CT molecular complexity index is 828. The molecule has 0 bridgehead atoms. The number of hydrogen-bond acceptors (Lipinski definition) is 7. The zero-order valence-electron chi connectivity index (χ0n) is 15.9. The van der Waals surface area contributed by atoms with Crippen molar-refractivity contribution >= 4 is 45.3 Å². The number of alkyl halides is 1. The van der Waals surface area contributed by atoms with Crippen LogP contribution in [-0.2, 0) is 23.9 Å². The number of amides is 1. The van der Waals surface area contributed by atoms with Crippen LogP contribution in [0.15, 0.2) is 24.3 Å². The smallest absolute Gasteiger partial charge is 0.326 e. The molecule has 29 heavy (non-hydrogen) atoms. The van der Waals surface area contributed by atoms with Gasteiger partial charge in [-0.1, -0.05) is 11.6 Å². The summed E-state index contributed by atoms with van der Waals surface area (Å²) >= 11 is 5.90. The zero-order valence-corrected chi connectivity index (χ0v) is 17.4. The van der Waals surface area contributed by atoms with Gasteiger partial charge in [-0.25, -0.2) is 8.98 Å². The van der Waals surface area contributed by atoms with E-state index in [1.807, 2.05) is 6.92 Å². The monoisotopic (exact) mass is 450 g/mol. The molecule has 12 heteroatoms. The maximum absolute atomic E-state index is 12.2. The number of nitrogens with one attached hydrogen (secondary N) is 1. The average Bonchev–Trinajstić information content (AvgIpc) is 2.61. The van der Waals surface area contributed by atoms with Crippen molar-refractivity contribution in [3.05, 3.63) is 29.8 Å². The van der Waals surface area contributed by atoms with Gasteiger partial charge in [0, 0.05) is 24.2 Å². The number of carbonyl (C=O) groups excluding carboxylic acids is 1. The van der Waals surface area contributed by atoms with E-state index in [-0.39, 0.29) is 18.5 Å². The van der Waals surface area contributed by atoms with Crippen LogP contribution in [0.3, 0.4) is 0 Å². The molecule has 10 nitrogen and oxygen atoms in total. The first-order chi connectivity index (χ1) is 13.4. The highest BCUT2D eigenvalue weighted by molar-refractivity contribution is 7.86. The fourth-order valence-corrected chi connectivity index (χ4v) is 3.40. The van der Waals surface area contributed by atoms with E-state index >= 15 is 0 Å². The number of carboxylic acids is 2. The molecule has 0 fully saturated rings. The highest BCUT2D eigenvalue weighted by atomic mass is 35.5. The van der Waals surface area contributed by atoms with Crippen molar-refractivity contribution in [2.45, 2.75) is 31.4 Å². The van der Waals surface area contributed by atoms with Gasteiger partial charge >= 0.3 is 11.9 Å². The topological polar surface area (TPSA) is 150 Å². The lowest BCUT2D eigenvalue weighted by atomic mass is 10.1. The molecule has 0 saturated heterocycles. The van der Waals surface area contributed by atoms with Crippen molar-refractivity contribution < 1.29 is 37.2 Å². The first-order valence-electron chi connectivity index (χ1n) is 8.55. The van der Waals surface area contributed by atoms with E-state index < -0.39 is 46.0 Å². The second kappa shape index (κ2) is 11.0. The number of benzene rings is 1. The van der Waals surface area contributed by atoms with Crippen molar-refractivity contribution in [3.63, 3.8) is 0 Å². The predicted molar refractivity (Wildman–Crippen MR) is 106 cm³/mol. The van der Waals surface area contributed by atoms with Crippen LogP contribution < -0.4 is 10.2 Å². The van der Waals surface area contributed by atoms with Gasteiger partial charge in [-0.2, -0.15) is 8.42 Å². The summed E-state index contributed by atoms with van der Waals surface area (Å²) in [4.78, 5) is 35.8. The van der Waals surface area contributed by atoms with Crippen LogP contribution in [0.1, 0.15) is 30.1 Å². The molecule has 0 aliphatic carbocycles. The Labute approximate surface area is 173 Å². The molecule has 0 saturated carbocycles. The third-order valence-corrected chi connectivity index (χ3v) is 4.68. The first kappa shape index (κ1) is 24.7. The standard InChI is InChI=1S/C17H23ClN2O8S/c1-3-20(10-14(18)28-29(2,26)27)12-6-4-11(5-7-12)16(23)19-13(17(24)25)8-9-15(21)22/h4-7,13-14H,3,8-10H2,1-2H3,(H,19,23)(H,21,22)(H,24,25)/t13-,14?/m0/s1. The van der Waals surface area contributed by atoms with Crippen LogP contribution in [-0.4, -0.2) is 67.4 Å². The van der Waals surface area contributed by atoms with Gasteiger partial charge in [0.2, 0.25) is 0 Å². The van der Waals surface area contributed by atoms with E-state index in [4.69, 9.17) is 26.0 Å². The maximum atomic E-state index is 12.2. The lowest BCUT2D eigenvalue weighted by molar-refractivity contribution is -0.140. The minimum Gasteiger partial charge on any atom is -0.481 e. The van der Waals surface area contributed by atoms with E-state index in [0.717, 1.165) is 6.26 Å².